The number of aryl methyl sites for hydroxylation is 1. The molecule has 1 unspecified atom stereocenters. The topological polar surface area (TPSA) is 70.8 Å². The van der Waals surface area contributed by atoms with E-state index in [1.54, 1.807) is 35.7 Å². The Bertz CT molecular complexity index is 1000. The molecule has 0 saturated heterocycles. The highest BCUT2D eigenvalue weighted by Gasteiger charge is 2.46. The summed E-state index contributed by atoms with van der Waals surface area (Å²) in [6.45, 7) is 1.87. The number of para-hydroxylation sites is 1. The molecule has 0 aliphatic carbocycles. The molecule has 3 heterocycles. The lowest BCUT2D eigenvalue weighted by molar-refractivity contribution is -0.117. The van der Waals surface area contributed by atoms with Crippen LogP contribution in [0.15, 0.2) is 75.9 Å². The van der Waals surface area contributed by atoms with Gasteiger partial charge in [0.05, 0.1) is 16.7 Å². The minimum absolute atomic E-state index is 0.0376. The van der Waals surface area contributed by atoms with E-state index in [1.165, 1.54) is 22.5 Å². The number of hydrogen-bond donors (Lipinski definition) is 1. The van der Waals surface area contributed by atoms with E-state index in [0.29, 0.717) is 16.3 Å². The molecule has 0 radical (unpaired) electrons. The van der Waals surface area contributed by atoms with Crippen LogP contribution in [0.1, 0.15) is 27.0 Å². The minimum Gasteiger partial charge on any atom is -0.503 e. The fraction of sp³-hybridized carbons (Fsp3) is 0.100. The molecule has 1 amide bonds. The number of Topliss-reactive ketones (excluding diaryl/α,β-unsaturated/α-hetero) is 1. The van der Waals surface area contributed by atoms with Crippen LogP contribution >= 0.6 is 11.3 Å². The lowest BCUT2D eigenvalue weighted by Gasteiger charge is -2.26. The van der Waals surface area contributed by atoms with Gasteiger partial charge in [-0.3, -0.25) is 14.5 Å². The molecule has 0 spiro atoms. The molecule has 4 rings (SSSR count). The highest BCUT2D eigenvalue weighted by atomic mass is 32.1. The standard InChI is InChI=1S/C20H15NO4S/c1-12-6-2-3-7-13(12)21-17(14-8-4-10-25-14)16(19(23)20(21)24)18(22)15-9-5-11-26-15/h2-11,17,23H,1H3. The number of hydrogen-bond acceptors (Lipinski definition) is 5. The number of amides is 1. The van der Waals surface area contributed by atoms with Crippen molar-refractivity contribution in [1.29, 1.82) is 0 Å². The van der Waals surface area contributed by atoms with Gasteiger partial charge in [-0.1, -0.05) is 24.3 Å². The second-order valence-corrected chi connectivity index (χ2v) is 6.90. The quantitative estimate of drug-likeness (QED) is 0.694. The smallest absolute Gasteiger partial charge is 0.294 e. The van der Waals surface area contributed by atoms with Crippen LogP contribution in [0.4, 0.5) is 5.69 Å². The van der Waals surface area contributed by atoms with Crippen LogP contribution in [-0.4, -0.2) is 16.8 Å². The fourth-order valence-electron chi connectivity index (χ4n) is 3.18. The van der Waals surface area contributed by atoms with Crippen molar-refractivity contribution < 1.29 is 19.1 Å². The van der Waals surface area contributed by atoms with Crippen LogP contribution < -0.4 is 4.90 Å². The summed E-state index contributed by atoms with van der Waals surface area (Å²) in [6, 6.07) is 13.3. The summed E-state index contributed by atoms with van der Waals surface area (Å²) in [5.41, 5.74) is 1.52. The zero-order valence-corrected chi connectivity index (χ0v) is 14.7. The Hall–Kier alpha value is -3.12. The number of nitrogens with zero attached hydrogens (tertiary/aromatic N) is 1. The van der Waals surface area contributed by atoms with Gasteiger partial charge < -0.3 is 9.52 Å². The molecule has 0 saturated carbocycles. The van der Waals surface area contributed by atoms with Crippen molar-refractivity contribution in [2.45, 2.75) is 13.0 Å². The van der Waals surface area contributed by atoms with Gasteiger partial charge in [0, 0.05) is 5.69 Å². The van der Waals surface area contributed by atoms with E-state index in [0.717, 1.165) is 5.56 Å². The van der Waals surface area contributed by atoms with Crippen LogP contribution in [0.25, 0.3) is 0 Å². The van der Waals surface area contributed by atoms with E-state index in [2.05, 4.69) is 0 Å². The largest absolute Gasteiger partial charge is 0.503 e. The molecule has 130 valence electrons. The zero-order valence-electron chi connectivity index (χ0n) is 13.9. The third-order valence-electron chi connectivity index (χ3n) is 4.39. The number of rotatable bonds is 4. The summed E-state index contributed by atoms with van der Waals surface area (Å²) in [7, 11) is 0. The number of anilines is 1. The van der Waals surface area contributed by atoms with E-state index < -0.39 is 17.7 Å². The van der Waals surface area contributed by atoms with Crippen molar-refractivity contribution in [3.05, 3.63) is 87.7 Å². The molecule has 5 nitrogen and oxygen atoms in total. The van der Waals surface area contributed by atoms with Crippen molar-refractivity contribution in [1.82, 2.24) is 0 Å². The maximum atomic E-state index is 13.0. The maximum absolute atomic E-state index is 13.0. The molecule has 6 heteroatoms. The molecular weight excluding hydrogens is 350 g/mol. The van der Waals surface area contributed by atoms with Gasteiger partial charge in [0.2, 0.25) is 5.78 Å². The number of furan rings is 1. The SMILES string of the molecule is Cc1ccccc1N1C(=O)C(O)=C(C(=O)c2cccs2)C1c1ccco1. The van der Waals surface area contributed by atoms with Gasteiger partial charge in [0.25, 0.3) is 5.91 Å². The van der Waals surface area contributed by atoms with Crippen LogP contribution in [-0.2, 0) is 4.79 Å². The average Bonchev–Trinajstić information content (AvgIpc) is 3.38. The first-order chi connectivity index (χ1) is 12.6. The van der Waals surface area contributed by atoms with Crippen molar-refractivity contribution >= 4 is 28.7 Å². The monoisotopic (exact) mass is 365 g/mol. The number of aliphatic hydroxyl groups excluding tert-OH is 1. The third-order valence-corrected chi connectivity index (χ3v) is 5.25. The predicted molar refractivity (Wildman–Crippen MR) is 98.4 cm³/mol. The molecule has 1 aliphatic rings. The number of carbonyl (C=O) groups excluding carboxylic acids is 2. The van der Waals surface area contributed by atoms with Gasteiger partial charge in [0.15, 0.2) is 5.76 Å². The second kappa shape index (κ2) is 6.31. The van der Waals surface area contributed by atoms with E-state index in [4.69, 9.17) is 4.42 Å². The van der Waals surface area contributed by atoms with Crippen molar-refractivity contribution in [2.75, 3.05) is 4.90 Å². The van der Waals surface area contributed by atoms with Gasteiger partial charge in [-0.25, -0.2) is 0 Å². The number of carbonyl (C=O) groups is 2. The summed E-state index contributed by atoms with van der Waals surface area (Å²) in [6.07, 6.45) is 1.48. The first-order valence-electron chi connectivity index (χ1n) is 8.03. The van der Waals surface area contributed by atoms with E-state index in [9.17, 15) is 14.7 Å². The number of aliphatic hydroxyl groups is 1. The zero-order chi connectivity index (χ0) is 18.3. The van der Waals surface area contributed by atoms with Crippen molar-refractivity contribution in [2.24, 2.45) is 0 Å². The van der Waals surface area contributed by atoms with Crippen LogP contribution in [0, 0.1) is 6.92 Å². The third kappa shape index (κ3) is 2.46. The molecule has 1 aliphatic heterocycles. The minimum atomic E-state index is -0.812. The summed E-state index contributed by atoms with van der Waals surface area (Å²) in [4.78, 5) is 27.8. The normalized spacial score (nSPS) is 17.2. The van der Waals surface area contributed by atoms with Crippen molar-refractivity contribution in [3.63, 3.8) is 0 Å². The Balaban J connectivity index is 1.89. The molecule has 3 aromatic rings. The Morgan fingerprint density at radius 1 is 1.15 bits per heavy atom. The summed E-state index contributed by atoms with van der Waals surface area (Å²) in [5.74, 6) is -1.09. The Morgan fingerprint density at radius 2 is 1.96 bits per heavy atom. The molecule has 1 aromatic carbocycles. The highest BCUT2D eigenvalue weighted by molar-refractivity contribution is 7.12. The molecule has 0 fully saturated rings. The number of benzene rings is 1. The number of thiophene rings is 1. The Kier molecular flexibility index (Phi) is 3.97. The molecule has 26 heavy (non-hydrogen) atoms. The van der Waals surface area contributed by atoms with E-state index in [-0.39, 0.29) is 11.4 Å². The first kappa shape index (κ1) is 16.4. The summed E-state index contributed by atoms with van der Waals surface area (Å²) in [5, 5.41) is 12.3. The Morgan fingerprint density at radius 3 is 2.62 bits per heavy atom. The van der Waals surface area contributed by atoms with Crippen LogP contribution in [0.5, 0.6) is 0 Å². The van der Waals surface area contributed by atoms with E-state index in [1.807, 2.05) is 25.1 Å². The van der Waals surface area contributed by atoms with Crippen LogP contribution in [0.3, 0.4) is 0 Å². The summed E-state index contributed by atoms with van der Waals surface area (Å²) < 4.78 is 5.52. The molecule has 1 N–H and O–H groups in total. The fourth-order valence-corrected chi connectivity index (χ4v) is 3.85. The average molecular weight is 365 g/mol. The molecule has 1 atom stereocenters. The second-order valence-electron chi connectivity index (χ2n) is 5.95. The number of ketones is 1. The predicted octanol–water partition coefficient (Wildman–Crippen LogP) is 4.43. The van der Waals surface area contributed by atoms with Gasteiger partial charge in [0.1, 0.15) is 11.8 Å². The van der Waals surface area contributed by atoms with E-state index >= 15 is 0 Å². The molecule has 0 bridgehead atoms. The first-order valence-corrected chi connectivity index (χ1v) is 8.91. The highest BCUT2D eigenvalue weighted by Crippen LogP contribution is 2.43. The van der Waals surface area contributed by atoms with Gasteiger partial charge >= 0.3 is 0 Å². The summed E-state index contributed by atoms with van der Waals surface area (Å²) >= 11 is 1.27. The van der Waals surface area contributed by atoms with Gasteiger partial charge in [-0.2, -0.15) is 0 Å². The lowest BCUT2D eigenvalue weighted by atomic mass is 9.99. The maximum Gasteiger partial charge on any atom is 0.294 e. The molecule has 2 aromatic heterocycles. The van der Waals surface area contributed by atoms with Gasteiger partial charge in [-0.05, 0) is 42.1 Å². The van der Waals surface area contributed by atoms with Gasteiger partial charge in [-0.15, -0.1) is 11.3 Å². The Labute approximate surface area is 153 Å². The molecular formula is C20H15NO4S. The van der Waals surface area contributed by atoms with Crippen LogP contribution in [0.2, 0.25) is 0 Å². The lowest BCUT2D eigenvalue weighted by Crippen LogP contribution is -2.31. The van der Waals surface area contributed by atoms with Crippen molar-refractivity contribution in [3.8, 4) is 0 Å².